The number of alkyl halides is 3. The van der Waals surface area contributed by atoms with Crippen LogP contribution in [0.1, 0.15) is 45.2 Å². The number of imide groups is 1. The highest BCUT2D eigenvalue weighted by Gasteiger charge is 2.72. The van der Waals surface area contributed by atoms with Crippen LogP contribution in [0.15, 0.2) is 30.4 Å². The summed E-state index contributed by atoms with van der Waals surface area (Å²) in [5.41, 5.74) is -4.06. The molecule has 1 aromatic rings. The topological polar surface area (TPSA) is 79.6 Å². The van der Waals surface area contributed by atoms with E-state index in [1.165, 1.54) is 12.1 Å². The number of rotatable bonds is 5. The predicted octanol–water partition coefficient (Wildman–Crippen LogP) is 5.19. The van der Waals surface area contributed by atoms with Crippen LogP contribution < -0.4 is 4.90 Å². The maximum atomic E-state index is 13.6. The van der Waals surface area contributed by atoms with E-state index < -0.39 is 60.5 Å². The zero-order valence-electron chi connectivity index (χ0n) is 20.6. The molecular weight excluding hydrogens is 477 g/mol. The number of anilines is 1. The molecule has 10 heteroatoms. The van der Waals surface area contributed by atoms with Gasteiger partial charge in [0.05, 0.1) is 40.3 Å². The minimum absolute atomic E-state index is 0.00845. The van der Waals surface area contributed by atoms with Crippen LogP contribution in [-0.4, -0.2) is 37.9 Å². The molecule has 0 N–H and O–H groups in total. The number of carbonyl (C=O) groups is 2. The summed E-state index contributed by atoms with van der Waals surface area (Å²) in [5.74, 6) is -2.91. The molecule has 1 aromatic carbocycles. The van der Waals surface area contributed by atoms with E-state index in [0.717, 1.165) is 11.0 Å². The highest BCUT2D eigenvalue weighted by atomic mass is 28.4. The van der Waals surface area contributed by atoms with Crippen LogP contribution >= 0.6 is 0 Å². The Kier molecular flexibility index (Phi) is 5.67. The Morgan fingerprint density at radius 3 is 2.34 bits per heavy atom. The third-order valence-electron chi connectivity index (χ3n) is 8.01. The number of nitriles is 1. The molecule has 3 aliphatic heterocycles. The Hall–Kier alpha value is -2.48. The van der Waals surface area contributed by atoms with Gasteiger partial charge < -0.3 is 9.16 Å². The fourth-order valence-corrected chi connectivity index (χ4v) is 6.13. The van der Waals surface area contributed by atoms with Crippen molar-refractivity contribution < 1.29 is 31.9 Å². The fraction of sp³-hybridized carbons (Fsp3) is 0.560. The fourth-order valence-electron chi connectivity index (χ4n) is 5.09. The van der Waals surface area contributed by atoms with E-state index in [1.807, 2.05) is 0 Å². The van der Waals surface area contributed by atoms with Crippen molar-refractivity contribution in [1.82, 2.24) is 0 Å². The summed E-state index contributed by atoms with van der Waals surface area (Å²) >= 11 is 0. The highest BCUT2D eigenvalue weighted by molar-refractivity contribution is 6.74. The second-order valence-corrected chi connectivity index (χ2v) is 16.0. The van der Waals surface area contributed by atoms with Crippen molar-refractivity contribution >= 4 is 25.8 Å². The zero-order valence-corrected chi connectivity index (χ0v) is 21.6. The Labute approximate surface area is 203 Å². The Bertz CT molecular complexity index is 1170. The van der Waals surface area contributed by atoms with Gasteiger partial charge in [0.25, 0.3) is 0 Å². The van der Waals surface area contributed by atoms with Crippen LogP contribution in [0.2, 0.25) is 18.1 Å². The average molecular weight is 507 g/mol. The Balaban J connectivity index is 1.65. The third-order valence-corrected chi connectivity index (χ3v) is 12.5. The minimum atomic E-state index is -4.80. The van der Waals surface area contributed by atoms with E-state index in [4.69, 9.17) is 14.4 Å². The second kappa shape index (κ2) is 7.76. The summed E-state index contributed by atoms with van der Waals surface area (Å²) in [5, 5.41) is 9.07. The van der Waals surface area contributed by atoms with E-state index in [-0.39, 0.29) is 10.7 Å². The number of hydrogen-bond acceptors (Lipinski definition) is 5. The first-order valence-electron chi connectivity index (χ1n) is 11.5. The molecule has 2 fully saturated rings. The van der Waals surface area contributed by atoms with Crippen molar-refractivity contribution in [1.29, 1.82) is 5.26 Å². The Morgan fingerprint density at radius 2 is 1.77 bits per heavy atom. The highest BCUT2D eigenvalue weighted by Crippen LogP contribution is 2.59. The minimum Gasteiger partial charge on any atom is -0.417 e. The van der Waals surface area contributed by atoms with Gasteiger partial charge in [-0.2, -0.15) is 18.4 Å². The van der Waals surface area contributed by atoms with Gasteiger partial charge in [-0.3, -0.25) is 9.59 Å². The summed E-state index contributed by atoms with van der Waals surface area (Å²) in [4.78, 5) is 27.8. The van der Waals surface area contributed by atoms with Crippen molar-refractivity contribution in [3.63, 3.8) is 0 Å². The lowest BCUT2D eigenvalue weighted by Gasteiger charge is -2.37. The van der Waals surface area contributed by atoms with Gasteiger partial charge in [0.2, 0.25) is 11.8 Å². The third kappa shape index (κ3) is 3.84. The van der Waals surface area contributed by atoms with E-state index >= 15 is 0 Å². The lowest BCUT2D eigenvalue weighted by Crippen LogP contribution is -2.44. The zero-order chi connectivity index (χ0) is 26.2. The van der Waals surface area contributed by atoms with Crippen molar-refractivity contribution in [3.05, 3.63) is 41.5 Å². The van der Waals surface area contributed by atoms with Crippen LogP contribution in [-0.2, 0) is 24.9 Å². The molecule has 3 aliphatic rings. The van der Waals surface area contributed by atoms with E-state index in [1.54, 1.807) is 19.1 Å². The summed E-state index contributed by atoms with van der Waals surface area (Å²) < 4.78 is 53.2. The largest absolute Gasteiger partial charge is 0.417 e. The van der Waals surface area contributed by atoms with Crippen LogP contribution in [0, 0.1) is 23.2 Å². The van der Waals surface area contributed by atoms with Gasteiger partial charge in [-0.1, -0.05) is 32.9 Å². The lowest BCUT2D eigenvalue weighted by molar-refractivity contribution is -0.138. The summed E-state index contributed by atoms with van der Waals surface area (Å²) in [6, 6.07) is 4.40. The lowest BCUT2D eigenvalue weighted by atomic mass is 9.71. The number of amides is 2. The van der Waals surface area contributed by atoms with Crippen LogP contribution in [0.25, 0.3) is 0 Å². The molecule has 6 nitrogen and oxygen atoms in total. The molecule has 188 valence electrons. The SMILES string of the molecule is CC(C)(C)[Si](C)(C)OCC[C@@]12C=C[C@@](C)(O1)C1C(=O)N(c3ccc(C#N)c(C(F)(F)F)c3)C(=O)C12. The molecule has 2 unspecified atom stereocenters. The number of halogens is 3. The molecule has 35 heavy (non-hydrogen) atoms. The van der Waals surface area contributed by atoms with Gasteiger partial charge in [-0.25, -0.2) is 4.90 Å². The van der Waals surface area contributed by atoms with Gasteiger partial charge in [0.15, 0.2) is 8.32 Å². The smallest absolute Gasteiger partial charge is 0.417 e. The van der Waals surface area contributed by atoms with Crippen molar-refractivity contribution in [2.45, 2.75) is 69.6 Å². The normalized spacial score (nSPS) is 30.2. The van der Waals surface area contributed by atoms with Crippen molar-refractivity contribution in [3.8, 4) is 6.07 Å². The van der Waals surface area contributed by atoms with Gasteiger partial charge in [0, 0.05) is 13.0 Å². The van der Waals surface area contributed by atoms with Gasteiger partial charge in [-0.15, -0.1) is 0 Å². The number of hydrogen-bond donors (Lipinski definition) is 0. The second-order valence-electron chi connectivity index (χ2n) is 11.2. The maximum Gasteiger partial charge on any atom is 0.417 e. The monoisotopic (exact) mass is 506 g/mol. The molecule has 2 bridgehead atoms. The molecule has 4 rings (SSSR count). The van der Waals surface area contributed by atoms with E-state index in [9.17, 15) is 22.8 Å². The van der Waals surface area contributed by atoms with Crippen LogP contribution in [0.3, 0.4) is 0 Å². The van der Waals surface area contributed by atoms with E-state index in [2.05, 4.69) is 33.9 Å². The number of ether oxygens (including phenoxy) is 1. The molecule has 0 aromatic heterocycles. The number of carbonyl (C=O) groups excluding carboxylic acids is 2. The van der Waals surface area contributed by atoms with Crippen LogP contribution in [0.4, 0.5) is 18.9 Å². The molecular formula is C25H29F3N2O4Si. The molecule has 4 atom stereocenters. The standard InChI is InChI=1S/C25H29F3N2O4Si/c1-22(2,3)35(5,6)33-12-11-24-10-9-23(4,34-24)18-19(24)21(32)30(20(18)31)16-8-7-15(14-29)17(13-16)25(26,27)28/h7-10,13,18-19H,11-12H2,1-6H3/t18?,19?,23-,24-/m1/s1. The first-order valence-corrected chi connectivity index (χ1v) is 14.4. The average Bonchev–Trinajstić information content (AvgIpc) is 3.30. The summed E-state index contributed by atoms with van der Waals surface area (Å²) in [6.07, 6.45) is -0.881. The van der Waals surface area contributed by atoms with E-state index in [0.29, 0.717) is 19.1 Å². The maximum absolute atomic E-state index is 13.6. The van der Waals surface area contributed by atoms with Crippen molar-refractivity contribution in [2.24, 2.45) is 11.8 Å². The summed E-state index contributed by atoms with van der Waals surface area (Å²) in [7, 11) is -2.07. The molecule has 0 radical (unpaired) electrons. The molecule has 2 amide bonds. The predicted molar refractivity (Wildman–Crippen MR) is 125 cm³/mol. The number of nitrogens with zero attached hydrogens (tertiary/aromatic N) is 2. The summed E-state index contributed by atoms with van der Waals surface area (Å²) in [6.45, 7) is 12.7. The molecule has 0 aliphatic carbocycles. The van der Waals surface area contributed by atoms with Crippen molar-refractivity contribution in [2.75, 3.05) is 11.5 Å². The van der Waals surface area contributed by atoms with Gasteiger partial charge >= 0.3 is 6.18 Å². The Morgan fingerprint density at radius 1 is 1.14 bits per heavy atom. The first kappa shape index (κ1) is 25.6. The number of fused-ring (bicyclic) bond motifs is 5. The molecule has 2 saturated heterocycles. The molecule has 0 spiro atoms. The van der Waals surface area contributed by atoms with Crippen LogP contribution in [0.5, 0.6) is 0 Å². The van der Waals surface area contributed by atoms with Gasteiger partial charge in [-0.05, 0) is 43.3 Å². The molecule has 0 saturated carbocycles. The van der Waals surface area contributed by atoms with Gasteiger partial charge in [0.1, 0.15) is 5.60 Å². The quantitative estimate of drug-likeness (QED) is 0.312. The number of benzene rings is 1. The molecule has 3 heterocycles. The first-order chi connectivity index (χ1) is 16.0.